The molecule has 2 aliphatic rings. The lowest BCUT2D eigenvalue weighted by atomic mass is 9.88. The third-order valence-corrected chi connectivity index (χ3v) is 4.81. The van der Waals surface area contributed by atoms with Gasteiger partial charge in [-0.3, -0.25) is 4.90 Å². The number of allylic oxidation sites excluding steroid dienone is 5. The van der Waals surface area contributed by atoms with Crippen LogP contribution < -0.4 is 0 Å². The number of carbonyl (C=O) groups excluding carboxylic acids is 1. The summed E-state index contributed by atoms with van der Waals surface area (Å²) in [6, 6.07) is 10.5. The molecule has 23 heavy (non-hydrogen) atoms. The maximum atomic E-state index is 11.6. The smallest absolute Gasteiger partial charge is 0.125 e. The molecule has 1 aliphatic heterocycles. The molecule has 2 unspecified atom stereocenters. The van der Waals surface area contributed by atoms with E-state index in [4.69, 9.17) is 0 Å². The summed E-state index contributed by atoms with van der Waals surface area (Å²) in [5, 5.41) is 0. The number of hydrogen-bond acceptors (Lipinski definition) is 2. The molecule has 0 radical (unpaired) electrons. The number of hydrogen-bond donors (Lipinski definition) is 0. The van der Waals surface area contributed by atoms with Crippen LogP contribution >= 0.6 is 0 Å². The summed E-state index contributed by atoms with van der Waals surface area (Å²) >= 11 is 0. The highest BCUT2D eigenvalue weighted by Crippen LogP contribution is 2.33. The molecule has 2 atom stereocenters. The number of aldehydes is 1. The Hall–Kier alpha value is -1.93. The van der Waals surface area contributed by atoms with Crippen molar-refractivity contribution in [3.8, 4) is 0 Å². The molecular formula is C21H25NO. The average Bonchev–Trinajstić information content (AvgIpc) is 2.85. The van der Waals surface area contributed by atoms with Crippen LogP contribution in [-0.4, -0.2) is 24.3 Å². The molecule has 1 saturated heterocycles. The van der Waals surface area contributed by atoms with Crippen LogP contribution in [-0.2, 0) is 11.3 Å². The van der Waals surface area contributed by atoms with Crippen molar-refractivity contribution in [3.63, 3.8) is 0 Å². The van der Waals surface area contributed by atoms with E-state index in [2.05, 4.69) is 73.4 Å². The quantitative estimate of drug-likeness (QED) is 0.783. The molecule has 1 aromatic rings. The first-order chi connectivity index (χ1) is 11.1. The van der Waals surface area contributed by atoms with E-state index >= 15 is 0 Å². The van der Waals surface area contributed by atoms with Crippen molar-refractivity contribution in [2.45, 2.75) is 20.4 Å². The first-order valence-corrected chi connectivity index (χ1v) is 8.38. The largest absolute Gasteiger partial charge is 0.303 e. The second kappa shape index (κ2) is 6.67. The fourth-order valence-corrected chi connectivity index (χ4v) is 3.45. The van der Waals surface area contributed by atoms with Gasteiger partial charge in [0, 0.05) is 36.9 Å². The maximum Gasteiger partial charge on any atom is 0.125 e. The molecule has 2 nitrogen and oxygen atoms in total. The Morgan fingerprint density at radius 2 is 1.96 bits per heavy atom. The lowest BCUT2D eigenvalue weighted by Crippen LogP contribution is -2.20. The van der Waals surface area contributed by atoms with E-state index in [1.165, 1.54) is 11.1 Å². The van der Waals surface area contributed by atoms with Crippen LogP contribution in [0.25, 0.3) is 0 Å². The van der Waals surface area contributed by atoms with Crippen molar-refractivity contribution in [3.05, 3.63) is 71.8 Å². The topological polar surface area (TPSA) is 20.3 Å². The minimum atomic E-state index is 0.0806. The number of carbonyl (C=O) groups is 1. The molecule has 0 aromatic heterocycles. The van der Waals surface area contributed by atoms with Gasteiger partial charge in [0.1, 0.15) is 6.29 Å². The van der Waals surface area contributed by atoms with Gasteiger partial charge in [-0.05, 0) is 11.1 Å². The lowest BCUT2D eigenvalue weighted by molar-refractivity contribution is -0.111. The van der Waals surface area contributed by atoms with Gasteiger partial charge >= 0.3 is 0 Å². The first-order valence-electron chi connectivity index (χ1n) is 8.38. The van der Waals surface area contributed by atoms with Gasteiger partial charge in [0.15, 0.2) is 0 Å². The van der Waals surface area contributed by atoms with Gasteiger partial charge in [-0.1, -0.05) is 74.6 Å². The van der Waals surface area contributed by atoms with E-state index in [1.54, 1.807) is 0 Å². The molecule has 0 bridgehead atoms. The molecule has 0 spiro atoms. The molecule has 0 amide bonds. The van der Waals surface area contributed by atoms with Crippen molar-refractivity contribution in [1.29, 1.82) is 0 Å². The van der Waals surface area contributed by atoms with E-state index in [0.29, 0.717) is 5.92 Å². The van der Waals surface area contributed by atoms with Crippen LogP contribution in [0.2, 0.25) is 0 Å². The minimum Gasteiger partial charge on any atom is -0.303 e. The summed E-state index contributed by atoms with van der Waals surface area (Å²) in [4.78, 5) is 14.0. The molecule has 1 aromatic carbocycles. The van der Waals surface area contributed by atoms with Crippen molar-refractivity contribution in [2.24, 2.45) is 17.3 Å². The number of rotatable bonds is 4. The summed E-state index contributed by atoms with van der Waals surface area (Å²) in [5.41, 5.74) is 2.67. The second-order valence-electron chi connectivity index (χ2n) is 7.27. The molecule has 2 heteroatoms. The summed E-state index contributed by atoms with van der Waals surface area (Å²) in [7, 11) is 0. The van der Waals surface area contributed by atoms with E-state index in [1.807, 2.05) is 6.07 Å². The Balaban J connectivity index is 1.74. The van der Waals surface area contributed by atoms with Gasteiger partial charge < -0.3 is 4.79 Å². The van der Waals surface area contributed by atoms with Crippen molar-refractivity contribution in [1.82, 2.24) is 4.90 Å². The second-order valence-corrected chi connectivity index (χ2v) is 7.27. The molecule has 3 rings (SSSR count). The Labute approximate surface area is 139 Å². The summed E-state index contributed by atoms with van der Waals surface area (Å²) in [6.45, 7) is 7.11. The Kier molecular flexibility index (Phi) is 4.63. The highest BCUT2D eigenvalue weighted by Gasteiger charge is 2.34. The zero-order valence-electron chi connectivity index (χ0n) is 14.0. The first kappa shape index (κ1) is 15.9. The lowest BCUT2D eigenvalue weighted by Gasteiger charge is -2.17. The van der Waals surface area contributed by atoms with Crippen molar-refractivity contribution in [2.75, 3.05) is 13.1 Å². The molecule has 1 fully saturated rings. The Morgan fingerprint density at radius 1 is 1.17 bits per heavy atom. The molecular weight excluding hydrogens is 282 g/mol. The van der Waals surface area contributed by atoms with Crippen molar-refractivity contribution >= 4 is 6.29 Å². The van der Waals surface area contributed by atoms with E-state index in [9.17, 15) is 4.79 Å². The molecule has 1 aliphatic carbocycles. The van der Waals surface area contributed by atoms with Crippen LogP contribution in [0, 0.1) is 17.3 Å². The van der Waals surface area contributed by atoms with E-state index < -0.39 is 0 Å². The van der Waals surface area contributed by atoms with E-state index in [-0.39, 0.29) is 11.3 Å². The number of nitrogens with zero attached hydrogens (tertiary/aromatic N) is 1. The fourth-order valence-electron chi connectivity index (χ4n) is 3.45. The zero-order chi connectivity index (χ0) is 16.3. The van der Waals surface area contributed by atoms with Crippen LogP contribution in [0.1, 0.15) is 19.4 Å². The Bertz CT molecular complexity index is 639. The summed E-state index contributed by atoms with van der Waals surface area (Å²) in [5.74, 6) is 0.384. The van der Waals surface area contributed by atoms with Gasteiger partial charge in [-0.25, -0.2) is 0 Å². The standard InChI is InChI=1S/C21H25NO/c1-21(2)11-6-9-18(10-12-21)20-15-22(14-19(20)16-23)13-17-7-4-3-5-8-17/h3-12,16,19-20H,13-15H2,1-2H3. The third-order valence-electron chi connectivity index (χ3n) is 4.81. The summed E-state index contributed by atoms with van der Waals surface area (Å²) < 4.78 is 0. The van der Waals surface area contributed by atoms with Gasteiger partial charge in [-0.2, -0.15) is 0 Å². The Morgan fingerprint density at radius 3 is 2.70 bits per heavy atom. The highest BCUT2D eigenvalue weighted by atomic mass is 16.1. The fraction of sp³-hybridized carbons (Fsp3) is 0.381. The molecule has 1 heterocycles. The molecule has 120 valence electrons. The average molecular weight is 307 g/mol. The highest BCUT2D eigenvalue weighted by molar-refractivity contribution is 5.57. The van der Waals surface area contributed by atoms with Crippen molar-refractivity contribution < 1.29 is 4.79 Å². The minimum absolute atomic E-state index is 0.0806. The van der Waals surface area contributed by atoms with Gasteiger partial charge in [0.25, 0.3) is 0 Å². The van der Waals surface area contributed by atoms with E-state index in [0.717, 1.165) is 25.9 Å². The van der Waals surface area contributed by atoms with Gasteiger partial charge in [-0.15, -0.1) is 0 Å². The normalized spacial score (nSPS) is 26.8. The summed E-state index contributed by atoms with van der Waals surface area (Å²) in [6.07, 6.45) is 12.1. The number of benzene rings is 1. The zero-order valence-corrected chi connectivity index (χ0v) is 14.0. The van der Waals surface area contributed by atoms with Crippen LogP contribution in [0.15, 0.2) is 66.3 Å². The molecule has 0 saturated carbocycles. The number of likely N-dealkylation sites (tertiary alicyclic amines) is 1. The van der Waals surface area contributed by atoms with Crippen LogP contribution in [0.4, 0.5) is 0 Å². The van der Waals surface area contributed by atoms with Gasteiger partial charge in [0.05, 0.1) is 0 Å². The third kappa shape index (κ3) is 3.89. The molecule has 0 N–H and O–H groups in total. The van der Waals surface area contributed by atoms with Gasteiger partial charge in [0.2, 0.25) is 0 Å². The maximum absolute atomic E-state index is 11.6. The predicted molar refractivity (Wildman–Crippen MR) is 94.9 cm³/mol. The van der Waals surface area contributed by atoms with Crippen LogP contribution in [0.3, 0.4) is 0 Å². The monoisotopic (exact) mass is 307 g/mol. The SMILES string of the molecule is CC1(C)C=CC=C(C2CN(Cc3ccccc3)CC2C=O)C=C1. The van der Waals surface area contributed by atoms with Crippen LogP contribution in [0.5, 0.6) is 0 Å². The predicted octanol–water partition coefficient (Wildman–Crippen LogP) is 4.01.